The molecule has 136 valence electrons. The van der Waals surface area contributed by atoms with Crippen LogP contribution in [0.1, 0.15) is 40.4 Å². The summed E-state index contributed by atoms with van der Waals surface area (Å²) in [6, 6.07) is 11.9. The van der Waals surface area contributed by atoms with Crippen LogP contribution in [0.4, 0.5) is 4.39 Å². The van der Waals surface area contributed by atoms with Crippen LogP contribution in [0.3, 0.4) is 0 Å². The number of hydrogen-bond donors (Lipinski definition) is 2. The summed E-state index contributed by atoms with van der Waals surface area (Å²) in [5, 5.41) is 11.9. The number of aromatic carboxylic acids is 1. The smallest absolute Gasteiger partial charge is 0.335 e. The van der Waals surface area contributed by atoms with Crippen LogP contribution in [-0.4, -0.2) is 29.7 Å². The highest BCUT2D eigenvalue weighted by Crippen LogP contribution is 2.27. The van der Waals surface area contributed by atoms with E-state index in [1.807, 2.05) is 0 Å². The Labute approximate surface area is 150 Å². The number of benzene rings is 2. The van der Waals surface area contributed by atoms with Gasteiger partial charge in [-0.3, -0.25) is 4.79 Å². The van der Waals surface area contributed by atoms with Crippen molar-refractivity contribution in [2.45, 2.75) is 31.4 Å². The van der Waals surface area contributed by atoms with E-state index in [0.29, 0.717) is 6.61 Å². The minimum absolute atomic E-state index is 0.129. The van der Waals surface area contributed by atoms with Gasteiger partial charge in [-0.05, 0) is 48.2 Å². The summed E-state index contributed by atoms with van der Waals surface area (Å²) in [7, 11) is 0. The number of carboxylic acids is 1. The van der Waals surface area contributed by atoms with Gasteiger partial charge in [0.1, 0.15) is 5.82 Å². The second-order valence-electron chi connectivity index (χ2n) is 6.33. The molecule has 1 heterocycles. The molecule has 2 unspecified atom stereocenters. The molecular formula is C20H20FNO4. The molecule has 5 nitrogen and oxygen atoms in total. The van der Waals surface area contributed by atoms with Gasteiger partial charge in [-0.1, -0.05) is 24.3 Å². The lowest BCUT2D eigenvalue weighted by Crippen LogP contribution is -2.37. The number of carbonyl (C=O) groups excluding carboxylic acids is 1. The van der Waals surface area contributed by atoms with E-state index in [1.165, 1.54) is 24.3 Å². The maximum atomic E-state index is 13.2. The van der Waals surface area contributed by atoms with E-state index in [-0.39, 0.29) is 35.9 Å². The fourth-order valence-electron chi connectivity index (χ4n) is 3.10. The van der Waals surface area contributed by atoms with Gasteiger partial charge in [0, 0.05) is 6.61 Å². The molecule has 0 spiro atoms. The standard InChI is InChI=1S/C20H20FNO4/c21-16-9-7-14(8-10-16)19(17-2-1-11-26-17)22-18(23)12-13-3-5-15(6-4-13)20(24)25/h3-10,17,19H,1-2,11-12H2,(H,22,23)(H,24,25). The quantitative estimate of drug-likeness (QED) is 0.833. The van der Waals surface area contributed by atoms with Gasteiger partial charge < -0.3 is 15.2 Å². The highest BCUT2D eigenvalue weighted by Gasteiger charge is 2.28. The zero-order chi connectivity index (χ0) is 18.5. The largest absolute Gasteiger partial charge is 0.478 e. The van der Waals surface area contributed by atoms with Crippen molar-refractivity contribution in [1.82, 2.24) is 5.32 Å². The molecule has 1 aliphatic heterocycles. The number of nitrogens with one attached hydrogen (secondary N) is 1. The molecule has 0 aromatic heterocycles. The fourth-order valence-corrected chi connectivity index (χ4v) is 3.10. The molecular weight excluding hydrogens is 337 g/mol. The van der Waals surface area contributed by atoms with E-state index >= 15 is 0 Å². The van der Waals surface area contributed by atoms with Gasteiger partial charge in [-0.25, -0.2) is 9.18 Å². The average molecular weight is 357 g/mol. The summed E-state index contributed by atoms with van der Waals surface area (Å²) in [4.78, 5) is 23.4. The molecule has 2 aromatic rings. The molecule has 0 bridgehead atoms. The molecule has 1 saturated heterocycles. The highest BCUT2D eigenvalue weighted by atomic mass is 19.1. The number of carboxylic acid groups (broad SMARTS) is 1. The van der Waals surface area contributed by atoms with Gasteiger partial charge in [0.15, 0.2) is 0 Å². The van der Waals surface area contributed by atoms with Crippen molar-refractivity contribution in [3.8, 4) is 0 Å². The normalized spacial score (nSPS) is 17.7. The van der Waals surface area contributed by atoms with Crippen LogP contribution in [-0.2, 0) is 16.0 Å². The first-order chi connectivity index (χ1) is 12.5. The molecule has 1 fully saturated rings. The second kappa shape index (κ2) is 8.10. The second-order valence-corrected chi connectivity index (χ2v) is 6.33. The number of ether oxygens (including phenoxy) is 1. The third-order valence-corrected chi connectivity index (χ3v) is 4.45. The SMILES string of the molecule is O=C(Cc1ccc(C(=O)O)cc1)NC(c1ccc(F)cc1)C1CCCO1. The van der Waals surface area contributed by atoms with Crippen LogP contribution in [0.2, 0.25) is 0 Å². The Kier molecular flexibility index (Phi) is 5.63. The summed E-state index contributed by atoms with van der Waals surface area (Å²) in [6.07, 6.45) is 1.74. The van der Waals surface area contributed by atoms with Gasteiger partial charge in [0.05, 0.1) is 24.1 Å². The van der Waals surface area contributed by atoms with Gasteiger partial charge in [-0.2, -0.15) is 0 Å². The summed E-state index contributed by atoms with van der Waals surface area (Å²) in [5.41, 5.74) is 1.70. The van der Waals surface area contributed by atoms with Gasteiger partial charge in [0.2, 0.25) is 5.91 Å². The van der Waals surface area contributed by atoms with E-state index in [4.69, 9.17) is 9.84 Å². The summed E-state index contributed by atoms with van der Waals surface area (Å²) >= 11 is 0. The van der Waals surface area contributed by atoms with Crippen molar-refractivity contribution in [2.24, 2.45) is 0 Å². The number of amides is 1. The van der Waals surface area contributed by atoms with Crippen LogP contribution in [0.5, 0.6) is 0 Å². The number of hydrogen-bond acceptors (Lipinski definition) is 3. The van der Waals surface area contributed by atoms with Crippen molar-refractivity contribution < 1.29 is 23.8 Å². The zero-order valence-corrected chi connectivity index (χ0v) is 14.2. The van der Waals surface area contributed by atoms with E-state index < -0.39 is 5.97 Å². The molecule has 0 radical (unpaired) electrons. The monoisotopic (exact) mass is 357 g/mol. The first kappa shape index (κ1) is 18.1. The lowest BCUT2D eigenvalue weighted by molar-refractivity contribution is -0.122. The van der Waals surface area contributed by atoms with E-state index in [9.17, 15) is 14.0 Å². The molecule has 6 heteroatoms. The van der Waals surface area contributed by atoms with Crippen LogP contribution in [0.15, 0.2) is 48.5 Å². The maximum Gasteiger partial charge on any atom is 0.335 e. The van der Waals surface area contributed by atoms with E-state index in [2.05, 4.69) is 5.32 Å². The first-order valence-corrected chi connectivity index (χ1v) is 8.51. The van der Waals surface area contributed by atoms with Crippen molar-refractivity contribution in [2.75, 3.05) is 6.61 Å². The molecule has 2 aromatic carbocycles. The molecule has 1 aliphatic rings. The Balaban J connectivity index is 1.70. The highest BCUT2D eigenvalue weighted by molar-refractivity contribution is 5.87. The Bertz CT molecular complexity index is 767. The number of carbonyl (C=O) groups is 2. The van der Waals surface area contributed by atoms with Gasteiger partial charge in [-0.15, -0.1) is 0 Å². The predicted octanol–water partition coefficient (Wildman–Crippen LogP) is 3.10. The molecule has 0 aliphatic carbocycles. The molecule has 26 heavy (non-hydrogen) atoms. The zero-order valence-electron chi connectivity index (χ0n) is 14.2. The molecule has 2 atom stereocenters. The summed E-state index contributed by atoms with van der Waals surface area (Å²) < 4.78 is 18.9. The average Bonchev–Trinajstić information content (AvgIpc) is 3.15. The Morgan fingerprint density at radius 2 is 1.85 bits per heavy atom. The van der Waals surface area contributed by atoms with Crippen molar-refractivity contribution >= 4 is 11.9 Å². The third kappa shape index (κ3) is 4.46. The topological polar surface area (TPSA) is 75.6 Å². The van der Waals surface area contributed by atoms with Crippen LogP contribution in [0, 0.1) is 5.82 Å². The predicted molar refractivity (Wildman–Crippen MR) is 93.4 cm³/mol. The number of rotatable bonds is 6. The minimum Gasteiger partial charge on any atom is -0.478 e. The summed E-state index contributed by atoms with van der Waals surface area (Å²) in [6.45, 7) is 0.648. The van der Waals surface area contributed by atoms with Crippen LogP contribution < -0.4 is 5.32 Å². The minimum atomic E-state index is -1.00. The van der Waals surface area contributed by atoms with Gasteiger partial charge in [0.25, 0.3) is 0 Å². The molecule has 2 N–H and O–H groups in total. The lowest BCUT2D eigenvalue weighted by atomic mass is 9.98. The van der Waals surface area contributed by atoms with Crippen LogP contribution >= 0.6 is 0 Å². The lowest BCUT2D eigenvalue weighted by Gasteiger charge is -2.25. The molecule has 0 saturated carbocycles. The summed E-state index contributed by atoms with van der Waals surface area (Å²) in [5.74, 6) is -1.53. The molecule has 1 amide bonds. The first-order valence-electron chi connectivity index (χ1n) is 8.51. The maximum absolute atomic E-state index is 13.2. The molecule has 3 rings (SSSR count). The van der Waals surface area contributed by atoms with Gasteiger partial charge >= 0.3 is 5.97 Å². The Morgan fingerprint density at radius 3 is 2.42 bits per heavy atom. The third-order valence-electron chi connectivity index (χ3n) is 4.45. The Hall–Kier alpha value is -2.73. The number of halogens is 1. The van der Waals surface area contributed by atoms with Crippen molar-refractivity contribution in [3.63, 3.8) is 0 Å². The van der Waals surface area contributed by atoms with Crippen molar-refractivity contribution in [3.05, 3.63) is 71.0 Å². The van der Waals surface area contributed by atoms with Crippen molar-refractivity contribution in [1.29, 1.82) is 0 Å². The Morgan fingerprint density at radius 1 is 1.15 bits per heavy atom. The van der Waals surface area contributed by atoms with Crippen LogP contribution in [0.25, 0.3) is 0 Å². The van der Waals surface area contributed by atoms with E-state index in [1.54, 1.807) is 24.3 Å². The van der Waals surface area contributed by atoms with E-state index in [0.717, 1.165) is 24.0 Å². The fraction of sp³-hybridized carbons (Fsp3) is 0.300.